The zero-order valence-electron chi connectivity index (χ0n) is 20.9. The number of likely N-dealkylation sites (N-methyl/N-ethyl adjacent to an activating group) is 1. The lowest BCUT2D eigenvalue weighted by molar-refractivity contribution is -0.931. The molecule has 0 aliphatic rings. The van der Waals surface area contributed by atoms with Gasteiger partial charge in [0.15, 0.2) is 0 Å². The van der Waals surface area contributed by atoms with E-state index in [0.717, 1.165) is 32.1 Å². The third-order valence-corrected chi connectivity index (χ3v) is 6.76. The monoisotopic (exact) mass is 430 g/mol. The molecule has 5 nitrogen and oxygen atoms in total. The van der Waals surface area contributed by atoms with Crippen molar-refractivity contribution in [3.8, 4) is 0 Å². The number of nitrogens with zero attached hydrogens (tertiary/aromatic N) is 1. The van der Waals surface area contributed by atoms with E-state index in [0.29, 0.717) is 6.42 Å². The van der Waals surface area contributed by atoms with Gasteiger partial charge in [0, 0.05) is 5.92 Å². The zero-order valence-corrected chi connectivity index (χ0v) is 20.9. The molecule has 0 aliphatic heterocycles. The van der Waals surface area contributed by atoms with Crippen LogP contribution in [0.3, 0.4) is 0 Å². The van der Waals surface area contributed by atoms with Crippen LogP contribution in [0.1, 0.15) is 117 Å². The molecule has 0 saturated heterocycles. The predicted molar refractivity (Wildman–Crippen MR) is 125 cm³/mol. The van der Waals surface area contributed by atoms with Crippen molar-refractivity contribution in [1.29, 1.82) is 0 Å². The van der Waals surface area contributed by atoms with E-state index in [4.69, 9.17) is 0 Å². The molecular weight excluding hydrogens is 378 g/mol. The van der Waals surface area contributed by atoms with E-state index in [1.165, 1.54) is 64.7 Å². The highest BCUT2D eigenvalue weighted by Gasteiger charge is 2.67. The number of carboxylic acid groups (broad SMARTS) is 1. The first-order valence-corrected chi connectivity index (χ1v) is 12.5. The van der Waals surface area contributed by atoms with E-state index in [1.54, 1.807) is 21.1 Å². The number of aliphatic hydroxyl groups is 2. The average Bonchev–Trinajstić information content (AvgIpc) is 2.61. The maximum Gasteiger partial charge on any atom is 0.371 e. The van der Waals surface area contributed by atoms with Crippen LogP contribution in [0, 0.1) is 5.92 Å². The minimum atomic E-state index is -2.30. The van der Waals surface area contributed by atoms with Crippen molar-refractivity contribution in [1.82, 2.24) is 0 Å². The van der Waals surface area contributed by atoms with Crippen LogP contribution >= 0.6 is 0 Å². The summed E-state index contributed by atoms with van der Waals surface area (Å²) in [6.07, 6.45) is 17.0. The molecule has 0 aromatic carbocycles. The van der Waals surface area contributed by atoms with Crippen molar-refractivity contribution in [3.05, 3.63) is 0 Å². The van der Waals surface area contributed by atoms with Crippen LogP contribution in [0.15, 0.2) is 0 Å². The van der Waals surface area contributed by atoms with Crippen LogP contribution in [-0.4, -0.2) is 58.2 Å². The Labute approximate surface area is 186 Å². The van der Waals surface area contributed by atoms with Gasteiger partial charge in [-0.15, -0.1) is 0 Å². The smallest absolute Gasteiger partial charge is 0.371 e. The van der Waals surface area contributed by atoms with Crippen molar-refractivity contribution in [2.24, 2.45) is 5.92 Å². The predicted octanol–water partition coefficient (Wildman–Crippen LogP) is 5.72. The summed E-state index contributed by atoms with van der Waals surface area (Å²) in [5, 5.41) is 31.5. The Hall–Kier alpha value is -0.650. The molecule has 5 heteroatoms. The summed E-state index contributed by atoms with van der Waals surface area (Å²) in [5.41, 5.74) is -1.65. The van der Waals surface area contributed by atoms with E-state index < -0.39 is 17.3 Å². The first kappa shape index (κ1) is 29.4. The molecule has 0 aromatic heterocycles. The van der Waals surface area contributed by atoms with Crippen LogP contribution in [-0.2, 0) is 4.79 Å². The second kappa shape index (κ2) is 14.4. The summed E-state index contributed by atoms with van der Waals surface area (Å²) < 4.78 is -0.0156. The Bertz CT molecular complexity index is 437. The highest BCUT2D eigenvalue weighted by molar-refractivity contribution is 5.79. The molecule has 2 unspecified atom stereocenters. The van der Waals surface area contributed by atoms with Crippen LogP contribution in [0.2, 0.25) is 0 Å². The van der Waals surface area contributed by atoms with Gasteiger partial charge in [-0.25, -0.2) is 4.79 Å². The van der Waals surface area contributed by atoms with E-state index in [2.05, 4.69) is 13.8 Å². The zero-order chi connectivity index (χ0) is 23.3. The lowest BCUT2D eigenvalue weighted by Crippen LogP contribution is -2.76. The van der Waals surface area contributed by atoms with Gasteiger partial charge in [-0.2, -0.15) is 0 Å². The highest BCUT2D eigenvalue weighted by atomic mass is 16.5. The van der Waals surface area contributed by atoms with Crippen LogP contribution < -0.4 is 0 Å². The summed E-state index contributed by atoms with van der Waals surface area (Å²) in [6, 6.07) is 0. The number of aliphatic carboxylic acids is 1. The third kappa shape index (κ3) is 8.84. The third-order valence-electron chi connectivity index (χ3n) is 6.76. The standard InChI is InChI=1S/C25H51NO4/c1-7-9-11-12-13-14-15-16-17-18-19-21-22(20-10-8-2)25(23(27)28,24(3,29)30)26(4,5)6/h22,29-30H,7-21H2,1-6H3/p+1. The van der Waals surface area contributed by atoms with Gasteiger partial charge >= 0.3 is 5.97 Å². The maximum absolute atomic E-state index is 12.5. The average molecular weight is 431 g/mol. The number of hydrogen-bond acceptors (Lipinski definition) is 3. The number of rotatable bonds is 19. The molecule has 0 heterocycles. The number of carboxylic acids is 1. The molecule has 3 N–H and O–H groups in total. The fourth-order valence-corrected chi connectivity index (χ4v) is 5.30. The first-order valence-electron chi connectivity index (χ1n) is 12.5. The first-order chi connectivity index (χ1) is 14.0. The number of hydrogen-bond donors (Lipinski definition) is 3. The normalized spacial score (nSPS) is 15.7. The summed E-state index contributed by atoms with van der Waals surface area (Å²) in [7, 11) is 5.29. The molecular formula is C25H52NO4+. The molecule has 0 saturated carbocycles. The van der Waals surface area contributed by atoms with Crippen molar-refractivity contribution >= 4 is 5.97 Å². The number of quaternary nitrogens is 1. The molecule has 0 aliphatic carbocycles. The topological polar surface area (TPSA) is 77.8 Å². The van der Waals surface area contributed by atoms with Crippen LogP contribution in [0.5, 0.6) is 0 Å². The summed E-state index contributed by atoms with van der Waals surface area (Å²) >= 11 is 0. The second-order valence-electron chi connectivity index (χ2n) is 10.3. The lowest BCUT2D eigenvalue weighted by Gasteiger charge is -2.52. The quantitative estimate of drug-likeness (QED) is 0.139. The lowest BCUT2D eigenvalue weighted by atomic mass is 9.70. The molecule has 2 atom stereocenters. The van der Waals surface area contributed by atoms with Gasteiger partial charge in [0.1, 0.15) is 0 Å². The molecule has 30 heavy (non-hydrogen) atoms. The minimum absolute atomic E-state index is 0.0156. The van der Waals surface area contributed by atoms with Crippen molar-refractivity contribution in [3.63, 3.8) is 0 Å². The van der Waals surface area contributed by atoms with E-state index in [9.17, 15) is 20.1 Å². The van der Waals surface area contributed by atoms with Gasteiger partial charge in [-0.1, -0.05) is 97.3 Å². The Morgan fingerprint density at radius 3 is 1.43 bits per heavy atom. The van der Waals surface area contributed by atoms with E-state index >= 15 is 0 Å². The molecule has 0 spiro atoms. The summed E-state index contributed by atoms with van der Waals surface area (Å²) in [6.45, 7) is 5.57. The maximum atomic E-state index is 12.5. The molecule has 0 amide bonds. The van der Waals surface area contributed by atoms with Crippen molar-refractivity contribution < 1.29 is 24.6 Å². The number of unbranched alkanes of at least 4 members (excludes halogenated alkanes) is 11. The molecule has 180 valence electrons. The van der Waals surface area contributed by atoms with E-state index in [-0.39, 0.29) is 10.4 Å². The Morgan fingerprint density at radius 1 is 0.733 bits per heavy atom. The Morgan fingerprint density at radius 2 is 1.10 bits per heavy atom. The summed E-state index contributed by atoms with van der Waals surface area (Å²) in [4.78, 5) is 12.5. The second-order valence-corrected chi connectivity index (χ2v) is 10.3. The van der Waals surface area contributed by atoms with Crippen molar-refractivity contribution in [2.75, 3.05) is 21.1 Å². The van der Waals surface area contributed by atoms with Gasteiger partial charge in [-0.05, 0) is 19.8 Å². The minimum Gasteiger partial charge on any atom is -0.476 e. The van der Waals surface area contributed by atoms with Gasteiger partial charge in [0.05, 0.1) is 21.1 Å². The highest BCUT2D eigenvalue weighted by Crippen LogP contribution is 2.42. The molecule has 0 rings (SSSR count). The Balaban J connectivity index is 4.79. The van der Waals surface area contributed by atoms with Gasteiger partial charge in [0.2, 0.25) is 5.79 Å². The molecule has 0 bridgehead atoms. The fraction of sp³-hybridized carbons (Fsp3) is 0.960. The molecule has 0 fully saturated rings. The van der Waals surface area contributed by atoms with Gasteiger partial charge in [-0.3, -0.25) is 0 Å². The fourth-order valence-electron chi connectivity index (χ4n) is 5.30. The summed E-state index contributed by atoms with van der Waals surface area (Å²) in [5.74, 6) is -3.70. The van der Waals surface area contributed by atoms with Gasteiger partial charge < -0.3 is 19.8 Å². The SMILES string of the molecule is CCCCCCCCCCCCCC(CCCC)C(C(=O)O)(C(C)(O)O)[N+](C)(C)C. The number of carbonyl (C=O) groups is 1. The van der Waals surface area contributed by atoms with Crippen LogP contribution in [0.25, 0.3) is 0 Å². The largest absolute Gasteiger partial charge is 0.476 e. The Kier molecular flexibility index (Phi) is 14.1. The molecule has 0 aromatic rings. The van der Waals surface area contributed by atoms with E-state index in [1.807, 2.05) is 0 Å². The molecule has 0 radical (unpaired) electrons. The van der Waals surface area contributed by atoms with Crippen LogP contribution in [0.4, 0.5) is 0 Å². The van der Waals surface area contributed by atoms with Gasteiger partial charge in [0.25, 0.3) is 5.54 Å². The van der Waals surface area contributed by atoms with Crippen molar-refractivity contribution in [2.45, 2.75) is 128 Å².